The van der Waals surface area contributed by atoms with Gasteiger partial charge in [0, 0.05) is 22.7 Å². The van der Waals surface area contributed by atoms with Crippen molar-refractivity contribution in [2.24, 2.45) is 0 Å². The molecule has 0 radical (unpaired) electrons. The first-order chi connectivity index (χ1) is 7.56. The smallest absolute Gasteiger partial charge is 0.246 e. The number of carbonyl (C=O) groups excluding carboxylic acids is 1. The molecule has 0 aromatic heterocycles. The lowest BCUT2D eigenvalue weighted by Gasteiger charge is -2.60. The Morgan fingerprint density at radius 3 is 2.06 bits per heavy atom. The number of nitrogens with zero attached hydrogens (tertiary/aromatic N) is 1. The quantitative estimate of drug-likeness (QED) is 0.752. The van der Waals surface area contributed by atoms with E-state index in [-0.39, 0.29) is 11.9 Å². The molecular formula is C13H23N2O2-. The van der Waals surface area contributed by atoms with Crippen LogP contribution in [0.3, 0.4) is 0 Å². The maximum Gasteiger partial charge on any atom is 0.246 e. The van der Waals surface area contributed by atoms with Crippen LogP contribution in [-0.4, -0.2) is 28.1 Å². The van der Waals surface area contributed by atoms with Crippen LogP contribution in [0.2, 0.25) is 0 Å². The predicted molar refractivity (Wildman–Crippen MR) is 69.3 cm³/mol. The molecule has 1 N–H and O–H groups in total. The zero-order chi connectivity index (χ0) is 13.4. The van der Waals surface area contributed by atoms with Gasteiger partial charge < -0.3 is 15.6 Å². The molecule has 0 atom stereocenters. The lowest BCUT2D eigenvalue weighted by atomic mass is 9.79. The number of nitrogens with one attached hydrogen (secondary N) is 1. The van der Waals surface area contributed by atoms with E-state index in [0.29, 0.717) is 18.4 Å². The molecule has 1 aliphatic rings. The molecule has 4 heteroatoms. The van der Waals surface area contributed by atoms with Crippen molar-refractivity contribution < 1.29 is 4.79 Å². The Labute approximate surface area is 104 Å². The highest BCUT2D eigenvalue weighted by atomic mass is 16.5. The average molecular weight is 239 g/mol. The van der Waals surface area contributed by atoms with E-state index in [0.717, 1.165) is 5.06 Å². The van der Waals surface area contributed by atoms with Crippen LogP contribution in [0.4, 0.5) is 0 Å². The summed E-state index contributed by atoms with van der Waals surface area (Å²) in [5, 5.41) is 16.2. The molecule has 1 aliphatic heterocycles. The van der Waals surface area contributed by atoms with Crippen molar-refractivity contribution in [2.45, 2.75) is 64.6 Å². The van der Waals surface area contributed by atoms with Gasteiger partial charge >= 0.3 is 0 Å². The molecule has 0 spiro atoms. The highest BCUT2D eigenvalue weighted by molar-refractivity contribution is 5.92. The van der Waals surface area contributed by atoms with Gasteiger partial charge in [-0.1, -0.05) is 6.58 Å². The third-order valence-electron chi connectivity index (χ3n) is 3.31. The summed E-state index contributed by atoms with van der Waals surface area (Å²) in [6.07, 6.45) is 1.33. The number of hydrogen-bond acceptors (Lipinski definition) is 3. The zero-order valence-corrected chi connectivity index (χ0v) is 11.5. The minimum Gasteiger partial charge on any atom is -0.784 e. The fraction of sp³-hybridized carbons (Fsp3) is 0.769. The Morgan fingerprint density at radius 2 is 1.71 bits per heavy atom. The van der Waals surface area contributed by atoms with Crippen molar-refractivity contribution in [2.75, 3.05) is 0 Å². The molecule has 1 fully saturated rings. The van der Waals surface area contributed by atoms with Crippen LogP contribution in [0.5, 0.6) is 0 Å². The maximum atomic E-state index is 12.1. The number of piperidine rings is 1. The molecule has 1 saturated heterocycles. The number of amides is 1. The summed E-state index contributed by atoms with van der Waals surface area (Å²) in [5.74, 6) is -0.124. The van der Waals surface area contributed by atoms with Crippen molar-refractivity contribution in [3.8, 4) is 0 Å². The number of rotatable bonds is 2. The van der Waals surface area contributed by atoms with Gasteiger partial charge in [-0.25, -0.2) is 0 Å². The van der Waals surface area contributed by atoms with Crippen LogP contribution in [-0.2, 0) is 4.79 Å². The molecule has 1 rings (SSSR count). The van der Waals surface area contributed by atoms with Crippen LogP contribution in [0.25, 0.3) is 0 Å². The van der Waals surface area contributed by atoms with E-state index >= 15 is 0 Å². The fourth-order valence-corrected chi connectivity index (χ4v) is 2.67. The molecule has 0 saturated carbocycles. The number of carbonyl (C=O) groups is 1. The minimum atomic E-state index is -0.450. The second-order valence-corrected chi connectivity index (χ2v) is 6.28. The van der Waals surface area contributed by atoms with Crippen LogP contribution in [0.15, 0.2) is 12.2 Å². The van der Waals surface area contributed by atoms with Crippen molar-refractivity contribution in [3.63, 3.8) is 0 Å². The molecule has 0 aromatic rings. The summed E-state index contributed by atoms with van der Waals surface area (Å²) in [6.45, 7) is 13.0. The third kappa shape index (κ3) is 3.07. The van der Waals surface area contributed by atoms with E-state index in [1.807, 2.05) is 27.7 Å². The Balaban J connectivity index is 2.78. The Hall–Kier alpha value is -0.870. The normalized spacial score (nSPS) is 24.4. The first-order valence-electron chi connectivity index (χ1n) is 6.00. The molecule has 1 amide bonds. The number of hydrogen-bond donors (Lipinski definition) is 1. The molecule has 0 bridgehead atoms. The van der Waals surface area contributed by atoms with Crippen LogP contribution >= 0.6 is 0 Å². The Bertz CT molecular complexity index is 316. The molecule has 4 nitrogen and oxygen atoms in total. The molecule has 1 heterocycles. The van der Waals surface area contributed by atoms with Gasteiger partial charge in [-0.3, -0.25) is 4.79 Å². The molecule has 0 aromatic carbocycles. The van der Waals surface area contributed by atoms with E-state index in [1.165, 1.54) is 0 Å². The molecule has 98 valence electrons. The van der Waals surface area contributed by atoms with E-state index in [1.54, 1.807) is 6.92 Å². The standard InChI is InChI=1S/C13H23N2O2/c1-9(2)11(16)14-10-7-12(3,4)15(17)13(5,6)8-10/h10H,1,7-8H2,2-6H3,(H,14,16)/q-1. The summed E-state index contributed by atoms with van der Waals surface area (Å²) in [5.41, 5.74) is -0.394. The minimum absolute atomic E-state index is 0.0365. The highest BCUT2D eigenvalue weighted by Gasteiger charge is 2.40. The second kappa shape index (κ2) is 4.42. The molecular weight excluding hydrogens is 216 g/mol. The highest BCUT2D eigenvalue weighted by Crippen LogP contribution is 2.37. The van der Waals surface area contributed by atoms with Gasteiger partial charge in [0.2, 0.25) is 5.91 Å². The summed E-state index contributed by atoms with van der Waals surface area (Å²) in [4.78, 5) is 11.6. The van der Waals surface area contributed by atoms with Crippen molar-refractivity contribution in [3.05, 3.63) is 17.4 Å². The van der Waals surface area contributed by atoms with E-state index in [2.05, 4.69) is 11.9 Å². The molecule has 0 aliphatic carbocycles. The van der Waals surface area contributed by atoms with Gasteiger partial charge in [-0.05, 0) is 47.5 Å². The average Bonchev–Trinajstić information content (AvgIpc) is 2.12. The summed E-state index contributed by atoms with van der Waals surface area (Å²) >= 11 is 0. The third-order valence-corrected chi connectivity index (χ3v) is 3.31. The summed E-state index contributed by atoms with van der Waals surface area (Å²) in [7, 11) is 0. The van der Waals surface area contributed by atoms with Gasteiger partial charge in [0.1, 0.15) is 0 Å². The van der Waals surface area contributed by atoms with E-state index < -0.39 is 11.1 Å². The van der Waals surface area contributed by atoms with Gasteiger partial charge in [0.05, 0.1) is 0 Å². The lowest BCUT2D eigenvalue weighted by Crippen LogP contribution is -2.61. The van der Waals surface area contributed by atoms with Crippen molar-refractivity contribution >= 4 is 5.91 Å². The monoisotopic (exact) mass is 239 g/mol. The zero-order valence-electron chi connectivity index (χ0n) is 11.5. The Kier molecular flexibility index (Phi) is 3.69. The van der Waals surface area contributed by atoms with Gasteiger partial charge in [0.25, 0.3) is 0 Å². The maximum absolute atomic E-state index is 12.1. The van der Waals surface area contributed by atoms with E-state index in [9.17, 15) is 10.0 Å². The first-order valence-corrected chi connectivity index (χ1v) is 6.00. The summed E-state index contributed by atoms with van der Waals surface area (Å²) in [6, 6.07) is 0.0365. The van der Waals surface area contributed by atoms with Gasteiger partial charge in [-0.15, -0.1) is 0 Å². The molecule has 17 heavy (non-hydrogen) atoms. The lowest BCUT2D eigenvalue weighted by molar-refractivity contribution is -0.119. The number of hydroxylamine groups is 2. The topological polar surface area (TPSA) is 55.4 Å². The SMILES string of the molecule is C=C(C)C(=O)NC1CC(C)(C)N([O-])C(C)(C)C1. The summed E-state index contributed by atoms with van der Waals surface area (Å²) < 4.78 is 0. The van der Waals surface area contributed by atoms with Crippen LogP contribution in [0, 0.1) is 5.21 Å². The van der Waals surface area contributed by atoms with Crippen molar-refractivity contribution in [1.29, 1.82) is 0 Å². The van der Waals surface area contributed by atoms with E-state index in [4.69, 9.17) is 0 Å². The van der Waals surface area contributed by atoms with Gasteiger partial charge in [0.15, 0.2) is 0 Å². The Morgan fingerprint density at radius 1 is 1.29 bits per heavy atom. The van der Waals surface area contributed by atoms with Crippen LogP contribution < -0.4 is 5.32 Å². The van der Waals surface area contributed by atoms with Crippen LogP contribution in [0.1, 0.15) is 47.5 Å². The first kappa shape index (κ1) is 14.2. The van der Waals surface area contributed by atoms with Crippen molar-refractivity contribution in [1.82, 2.24) is 10.4 Å². The largest absolute Gasteiger partial charge is 0.784 e. The predicted octanol–water partition coefficient (Wildman–Crippen LogP) is 2.20. The fourth-order valence-electron chi connectivity index (χ4n) is 2.67. The molecule has 0 unspecified atom stereocenters. The second-order valence-electron chi connectivity index (χ2n) is 6.28. The van der Waals surface area contributed by atoms with Gasteiger partial charge in [-0.2, -0.15) is 0 Å².